The molecule has 0 aliphatic rings. The number of methoxy groups -OCH3 is 1. The first kappa shape index (κ1) is 15.3. The maximum atomic E-state index is 13.6. The van der Waals surface area contributed by atoms with Gasteiger partial charge in [0, 0.05) is 10.9 Å². The zero-order valence-electron chi connectivity index (χ0n) is 10.9. The summed E-state index contributed by atoms with van der Waals surface area (Å²) in [6, 6.07) is 4.17. The molecule has 0 atom stereocenters. The van der Waals surface area contributed by atoms with Crippen molar-refractivity contribution >= 4 is 16.9 Å². The van der Waals surface area contributed by atoms with Crippen molar-refractivity contribution in [3.8, 4) is 0 Å². The first-order chi connectivity index (χ1) is 9.59. The molecule has 0 aliphatic carbocycles. The number of carbonyl (C=O) groups excluding carboxylic acids is 1. The predicted molar refractivity (Wildman–Crippen MR) is 64.3 cm³/mol. The number of aryl methyl sites for hydroxylation is 1. The van der Waals surface area contributed by atoms with Crippen molar-refractivity contribution in [3.05, 3.63) is 35.0 Å². The number of alkyl halides is 5. The molecule has 0 saturated carbocycles. The van der Waals surface area contributed by atoms with Crippen LogP contribution in [0.5, 0.6) is 0 Å². The van der Waals surface area contributed by atoms with E-state index in [2.05, 4.69) is 4.74 Å². The Balaban J connectivity index is 2.82. The third-order valence-corrected chi connectivity index (χ3v) is 3.01. The second-order valence-corrected chi connectivity index (χ2v) is 4.49. The van der Waals surface area contributed by atoms with Gasteiger partial charge in [0.25, 0.3) is 0 Å². The Morgan fingerprint density at radius 3 is 2.33 bits per heavy atom. The molecule has 2 aromatic rings. The summed E-state index contributed by atoms with van der Waals surface area (Å²) in [4.78, 5) is 13.6. The summed E-state index contributed by atoms with van der Waals surface area (Å²) < 4.78 is 69.2. The van der Waals surface area contributed by atoms with Gasteiger partial charge in [0.05, 0.1) is 12.7 Å². The lowest BCUT2D eigenvalue weighted by atomic mass is 10.1. The van der Waals surface area contributed by atoms with Crippen LogP contribution in [0.15, 0.2) is 18.2 Å². The molecule has 3 nitrogen and oxygen atoms in total. The molecular weight excluding hydrogens is 297 g/mol. The van der Waals surface area contributed by atoms with E-state index in [0.717, 1.165) is 7.11 Å². The van der Waals surface area contributed by atoms with Gasteiger partial charge in [0.15, 0.2) is 0 Å². The second kappa shape index (κ2) is 4.71. The van der Waals surface area contributed by atoms with E-state index in [1.165, 1.54) is 18.2 Å². The maximum Gasteiger partial charge on any atom is 0.459 e. The van der Waals surface area contributed by atoms with Gasteiger partial charge in [-0.05, 0) is 18.6 Å². The number of aromatic nitrogens is 1. The number of H-pyrrole nitrogens is 1. The summed E-state index contributed by atoms with van der Waals surface area (Å²) in [6.07, 6.45) is -5.83. The van der Waals surface area contributed by atoms with Crippen LogP contribution < -0.4 is 0 Å². The van der Waals surface area contributed by atoms with Crippen LogP contribution in [0, 0.1) is 6.92 Å². The first-order valence-corrected chi connectivity index (χ1v) is 5.75. The molecule has 1 aromatic carbocycles. The lowest BCUT2D eigenvalue weighted by Gasteiger charge is -2.19. The van der Waals surface area contributed by atoms with E-state index in [-0.39, 0.29) is 10.9 Å². The molecule has 1 aromatic heterocycles. The Kier molecular flexibility index (Phi) is 3.43. The Bertz CT molecular complexity index is 702. The van der Waals surface area contributed by atoms with E-state index in [1.807, 2.05) is 4.98 Å². The largest absolute Gasteiger partial charge is 0.465 e. The molecular formula is C13H10F5NO2. The van der Waals surface area contributed by atoms with Crippen LogP contribution in [0.1, 0.15) is 21.6 Å². The zero-order chi connectivity index (χ0) is 16.0. The topological polar surface area (TPSA) is 42.1 Å². The van der Waals surface area contributed by atoms with E-state index >= 15 is 0 Å². The average Bonchev–Trinajstić information content (AvgIpc) is 2.75. The first-order valence-electron chi connectivity index (χ1n) is 5.75. The van der Waals surface area contributed by atoms with Crippen LogP contribution in [0.25, 0.3) is 10.9 Å². The lowest BCUT2D eigenvalue weighted by Crippen LogP contribution is -2.35. The molecule has 0 saturated heterocycles. The van der Waals surface area contributed by atoms with Crippen LogP contribution in [-0.2, 0) is 10.7 Å². The van der Waals surface area contributed by atoms with Gasteiger partial charge in [-0.15, -0.1) is 0 Å². The summed E-state index contributed by atoms with van der Waals surface area (Å²) >= 11 is 0. The minimum atomic E-state index is -5.83. The molecule has 0 amide bonds. The smallest absolute Gasteiger partial charge is 0.459 e. The molecule has 0 fully saturated rings. The van der Waals surface area contributed by atoms with E-state index in [9.17, 15) is 26.7 Å². The summed E-state index contributed by atoms with van der Waals surface area (Å²) in [5.41, 5.74) is -1.67. The Hall–Kier alpha value is -2.12. The predicted octanol–water partition coefficient (Wildman–Crippen LogP) is 3.92. The summed E-state index contributed by atoms with van der Waals surface area (Å²) in [7, 11) is 0.908. The highest BCUT2D eigenvalue weighted by molar-refractivity contribution is 6.06. The summed E-state index contributed by atoms with van der Waals surface area (Å²) in [5, 5.41) is -0.0497. The number of carbonyl (C=O) groups is 1. The zero-order valence-corrected chi connectivity index (χ0v) is 10.9. The standard InChI is InChI=1S/C13H10F5NO2/c1-6-3-4-7-8(5-6)19-10(9(7)11(20)21-2)12(14,15)13(16,17)18/h3-5,19H,1-2H3. The molecule has 0 radical (unpaired) electrons. The van der Waals surface area contributed by atoms with Crippen LogP contribution in [0.2, 0.25) is 0 Å². The minimum Gasteiger partial charge on any atom is -0.465 e. The lowest BCUT2D eigenvalue weighted by molar-refractivity contribution is -0.290. The highest BCUT2D eigenvalue weighted by atomic mass is 19.4. The van der Waals surface area contributed by atoms with Crippen molar-refractivity contribution in [1.82, 2.24) is 4.98 Å². The second-order valence-electron chi connectivity index (χ2n) is 4.49. The van der Waals surface area contributed by atoms with Gasteiger partial charge in [-0.3, -0.25) is 0 Å². The number of hydrogen-bond acceptors (Lipinski definition) is 2. The third kappa shape index (κ3) is 2.34. The van der Waals surface area contributed by atoms with E-state index in [4.69, 9.17) is 0 Å². The molecule has 0 aliphatic heterocycles. The normalized spacial score (nSPS) is 12.7. The van der Waals surface area contributed by atoms with Gasteiger partial charge < -0.3 is 9.72 Å². The number of benzene rings is 1. The van der Waals surface area contributed by atoms with Crippen molar-refractivity contribution in [2.24, 2.45) is 0 Å². The van der Waals surface area contributed by atoms with Gasteiger partial charge >= 0.3 is 18.1 Å². The molecule has 1 N–H and O–H groups in total. The van der Waals surface area contributed by atoms with Crippen LogP contribution in [0.3, 0.4) is 0 Å². The molecule has 1 heterocycles. The number of nitrogens with one attached hydrogen (secondary N) is 1. The number of esters is 1. The van der Waals surface area contributed by atoms with Crippen molar-refractivity contribution in [3.63, 3.8) is 0 Å². The highest BCUT2D eigenvalue weighted by Gasteiger charge is 2.61. The number of fused-ring (bicyclic) bond motifs is 1. The van der Waals surface area contributed by atoms with Crippen LogP contribution >= 0.6 is 0 Å². The van der Waals surface area contributed by atoms with Crippen molar-refractivity contribution in [1.29, 1.82) is 0 Å². The molecule has 8 heteroatoms. The van der Waals surface area contributed by atoms with E-state index < -0.39 is 29.3 Å². The van der Waals surface area contributed by atoms with Crippen molar-refractivity contribution < 1.29 is 31.5 Å². The third-order valence-electron chi connectivity index (χ3n) is 3.01. The summed E-state index contributed by atoms with van der Waals surface area (Å²) in [6.45, 7) is 1.64. The van der Waals surface area contributed by atoms with E-state index in [1.54, 1.807) is 6.92 Å². The monoisotopic (exact) mass is 307 g/mol. The SMILES string of the molecule is COC(=O)c1c(C(F)(F)C(F)(F)F)[nH]c2cc(C)ccc12. The van der Waals surface area contributed by atoms with Gasteiger partial charge in [0.2, 0.25) is 0 Å². The fourth-order valence-electron chi connectivity index (χ4n) is 2.00. The molecule has 0 spiro atoms. The number of hydrogen-bond donors (Lipinski definition) is 1. The number of rotatable bonds is 2. The Labute approximate surface area is 115 Å². The summed E-state index contributed by atoms with van der Waals surface area (Å²) in [5.74, 6) is -6.45. The molecule has 2 rings (SSSR count). The Morgan fingerprint density at radius 1 is 1.19 bits per heavy atom. The number of aromatic amines is 1. The Morgan fingerprint density at radius 2 is 1.81 bits per heavy atom. The molecule has 0 bridgehead atoms. The molecule has 21 heavy (non-hydrogen) atoms. The molecule has 114 valence electrons. The van der Waals surface area contributed by atoms with Gasteiger partial charge in [-0.1, -0.05) is 12.1 Å². The maximum absolute atomic E-state index is 13.6. The fourth-order valence-corrected chi connectivity index (χ4v) is 2.00. The number of ether oxygens (including phenoxy) is 1. The van der Waals surface area contributed by atoms with Crippen molar-refractivity contribution in [2.75, 3.05) is 7.11 Å². The van der Waals surface area contributed by atoms with Gasteiger partial charge in [0.1, 0.15) is 5.69 Å². The van der Waals surface area contributed by atoms with Gasteiger partial charge in [-0.2, -0.15) is 22.0 Å². The fraction of sp³-hybridized carbons (Fsp3) is 0.308. The highest BCUT2D eigenvalue weighted by Crippen LogP contribution is 2.46. The van der Waals surface area contributed by atoms with Crippen LogP contribution in [-0.4, -0.2) is 24.2 Å². The average molecular weight is 307 g/mol. The number of halogens is 5. The minimum absolute atomic E-state index is 0.00863. The van der Waals surface area contributed by atoms with Crippen molar-refractivity contribution in [2.45, 2.75) is 19.0 Å². The van der Waals surface area contributed by atoms with E-state index in [0.29, 0.717) is 5.56 Å². The van der Waals surface area contributed by atoms with Crippen LogP contribution in [0.4, 0.5) is 22.0 Å². The molecule has 0 unspecified atom stereocenters. The quantitative estimate of drug-likeness (QED) is 0.675. The van der Waals surface area contributed by atoms with Gasteiger partial charge in [-0.25, -0.2) is 4.79 Å².